The molecular weight excluding hydrogens is 294 g/mol. The van der Waals surface area contributed by atoms with Gasteiger partial charge in [-0.15, -0.1) is 0 Å². The van der Waals surface area contributed by atoms with E-state index in [2.05, 4.69) is 18.7 Å². The summed E-state index contributed by atoms with van der Waals surface area (Å²) in [6.07, 6.45) is 1.97. The molecule has 0 bridgehead atoms. The average Bonchev–Trinajstić information content (AvgIpc) is 3.08. The number of hydrogen-bond acceptors (Lipinski definition) is 4. The van der Waals surface area contributed by atoms with Crippen LogP contribution >= 0.6 is 0 Å². The summed E-state index contributed by atoms with van der Waals surface area (Å²) in [5, 5.41) is 9.81. The minimum Gasteiger partial charge on any atom is -0.481 e. The zero-order valence-corrected chi connectivity index (χ0v) is 14.0. The first-order valence-corrected chi connectivity index (χ1v) is 8.30. The van der Waals surface area contributed by atoms with Crippen molar-refractivity contribution < 1.29 is 19.4 Å². The zero-order valence-electron chi connectivity index (χ0n) is 14.0. The number of fused-ring (bicyclic) bond motifs is 1. The lowest BCUT2D eigenvalue weighted by Crippen LogP contribution is -2.34. The van der Waals surface area contributed by atoms with Crippen molar-refractivity contribution in [3.8, 4) is 11.5 Å². The predicted octanol–water partition coefficient (Wildman–Crippen LogP) is 2.95. The fourth-order valence-electron chi connectivity index (χ4n) is 3.80. The Balaban J connectivity index is 1.85. The monoisotopic (exact) mass is 319 g/mol. The number of benzene rings is 1. The van der Waals surface area contributed by atoms with E-state index in [0.717, 1.165) is 36.4 Å². The molecule has 5 heteroatoms. The number of likely N-dealkylation sites (N-methyl/N-ethyl adjacent to an activating group) is 1. The Morgan fingerprint density at radius 1 is 1.35 bits per heavy atom. The molecule has 3 unspecified atom stereocenters. The van der Waals surface area contributed by atoms with Crippen LogP contribution in [0.5, 0.6) is 11.5 Å². The van der Waals surface area contributed by atoms with E-state index in [-0.39, 0.29) is 24.7 Å². The zero-order chi connectivity index (χ0) is 16.6. The van der Waals surface area contributed by atoms with Crippen LogP contribution < -0.4 is 9.47 Å². The van der Waals surface area contributed by atoms with E-state index < -0.39 is 5.97 Å². The first-order valence-electron chi connectivity index (χ1n) is 8.30. The van der Waals surface area contributed by atoms with Gasteiger partial charge in [0.15, 0.2) is 11.5 Å². The van der Waals surface area contributed by atoms with Crippen molar-refractivity contribution in [1.29, 1.82) is 0 Å². The molecule has 0 radical (unpaired) electrons. The lowest BCUT2D eigenvalue weighted by Gasteiger charge is -2.24. The number of hydrogen-bond donors (Lipinski definition) is 1. The van der Waals surface area contributed by atoms with Gasteiger partial charge in [0, 0.05) is 18.5 Å². The van der Waals surface area contributed by atoms with Crippen molar-refractivity contribution in [3.05, 3.63) is 23.8 Å². The van der Waals surface area contributed by atoms with Crippen molar-refractivity contribution in [1.82, 2.24) is 4.90 Å². The van der Waals surface area contributed by atoms with Gasteiger partial charge in [0.1, 0.15) is 0 Å². The molecule has 23 heavy (non-hydrogen) atoms. The van der Waals surface area contributed by atoms with Gasteiger partial charge in [-0.05, 0) is 43.5 Å². The van der Waals surface area contributed by atoms with Crippen molar-refractivity contribution >= 4 is 5.97 Å². The first-order chi connectivity index (χ1) is 11.0. The van der Waals surface area contributed by atoms with E-state index in [1.54, 1.807) is 0 Å². The highest BCUT2D eigenvalue weighted by atomic mass is 16.7. The molecular formula is C18H25NO4. The van der Waals surface area contributed by atoms with Gasteiger partial charge in [-0.2, -0.15) is 0 Å². The summed E-state index contributed by atoms with van der Waals surface area (Å²) in [6.45, 7) is 5.36. The quantitative estimate of drug-likeness (QED) is 0.904. The van der Waals surface area contributed by atoms with Gasteiger partial charge < -0.3 is 19.5 Å². The fraction of sp³-hybridized carbons (Fsp3) is 0.611. The largest absolute Gasteiger partial charge is 0.481 e. The van der Waals surface area contributed by atoms with Crippen molar-refractivity contribution in [2.45, 2.75) is 38.6 Å². The van der Waals surface area contributed by atoms with Crippen LogP contribution in [0.15, 0.2) is 18.2 Å². The Bertz CT molecular complexity index is 586. The topological polar surface area (TPSA) is 59.0 Å². The predicted molar refractivity (Wildman–Crippen MR) is 86.9 cm³/mol. The molecule has 2 heterocycles. The summed E-state index contributed by atoms with van der Waals surface area (Å²) in [6, 6.07) is 5.90. The van der Waals surface area contributed by atoms with Crippen LogP contribution in [0.3, 0.4) is 0 Å². The van der Waals surface area contributed by atoms with Gasteiger partial charge in [0.2, 0.25) is 6.79 Å². The summed E-state index contributed by atoms with van der Waals surface area (Å²) in [7, 11) is 2.04. The Kier molecular flexibility index (Phi) is 4.48. The molecule has 5 nitrogen and oxygen atoms in total. The van der Waals surface area contributed by atoms with Crippen LogP contribution in [0.1, 0.15) is 38.2 Å². The molecule has 0 aliphatic carbocycles. The Labute approximate surface area is 137 Å². The highest BCUT2D eigenvalue weighted by Crippen LogP contribution is 2.42. The first kappa shape index (κ1) is 16.1. The SMILES string of the molecule is CC(C)CCC1C(C(=O)O)C(c2ccc3c(c2)OCO3)CN1C. The van der Waals surface area contributed by atoms with Gasteiger partial charge in [-0.1, -0.05) is 19.9 Å². The number of likely N-dealkylation sites (tertiary alicyclic amines) is 1. The standard InChI is InChI=1S/C18H25NO4/c1-11(2)4-6-14-17(18(20)21)13(9-19(14)3)12-5-7-15-16(8-12)23-10-22-15/h5,7-8,11,13-14,17H,4,6,9-10H2,1-3H3,(H,20,21). The third-order valence-corrected chi connectivity index (χ3v) is 5.05. The number of carboxylic acid groups (broad SMARTS) is 1. The average molecular weight is 319 g/mol. The lowest BCUT2D eigenvalue weighted by molar-refractivity contribution is -0.143. The lowest BCUT2D eigenvalue weighted by atomic mass is 9.83. The molecule has 0 amide bonds. The summed E-state index contributed by atoms with van der Waals surface area (Å²) < 4.78 is 10.8. The molecule has 1 N–H and O–H groups in total. The van der Waals surface area contributed by atoms with Gasteiger partial charge in [0.25, 0.3) is 0 Å². The minimum atomic E-state index is -0.703. The second-order valence-corrected chi connectivity index (χ2v) is 7.06. The molecule has 0 saturated carbocycles. The molecule has 1 fully saturated rings. The second kappa shape index (κ2) is 6.40. The Morgan fingerprint density at radius 3 is 2.78 bits per heavy atom. The van der Waals surface area contributed by atoms with Crippen molar-refractivity contribution in [2.75, 3.05) is 20.4 Å². The summed E-state index contributed by atoms with van der Waals surface area (Å²) in [4.78, 5) is 14.1. The minimum absolute atomic E-state index is 0.0100. The number of carboxylic acids is 1. The number of aliphatic carboxylic acids is 1. The second-order valence-electron chi connectivity index (χ2n) is 7.06. The van der Waals surface area contributed by atoms with Crippen LogP contribution in [0.2, 0.25) is 0 Å². The molecule has 1 aromatic rings. The molecule has 1 aromatic carbocycles. The maximum absolute atomic E-state index is 11.9. The summed E-state index contributed by atoms with van der Waals surface area (Å²) in [5.41, 5.74) is 1.03. The fourth-order valence-corrected chi connectivity index (χ4v) is 3.80. The molecule has 1 saturated heterocycles. The van der Waals surface area contributed by atoms with Crippen molar-refractivity contribution in [2.24, 2.45) is 11.8 Å². The molecule has 3 atom stereocenters. The van der Waals surface area contributed by atoms with E-state index in [1.807, 2.05) is 25.2 Å². The van der Waals surface area contributed by atoms with E-state index in [4.69, 9.17) is 9.47 Å². The highest BCUT2D eigenvalue weighted by molar-refractivity contribution is 5.73. The molecule has 0 spiro atoms. The number of carbonyl (C=O) groups is 1. The smallest absolute Gasteiger partial charge is 0.308 e. The van der Waals surface area contributed by atoms with Gasteiger partial charge in [-0.25, -0.2) is 0 Å². The van der Waals surface area contributed by atoms with Gasteiger partial charge in [-0.3, -0.25) is 4.79 Å². The molecule has 2 aliphatic heterocycles. The van der Waals surface area contributed by atoms with Crippen molar-refractivity contribution in [3.63, 3.8) is 0 Å². The number of nitrogens with zero attached hydrogens (tertiary/aromatic N) is 1. The van der Waals surface area contributed by atoms with Gasteiger partial charge in [0.05, 0.1) is 5.92 Å². The van der Waals surface area contributed by atoms with E-state index in [1.165, 1.54) is 0 Å². The van der Waals surface area contributed by atoms with E-state index in [0.29, 0.717) is 5.92 Å². The summed E-state index contributed by atoms with van der Waals surface area (Å²) >= 11 is 0. The normalized spacial score (nSPS) is 26.9. The molecule has 126 valence electrons. The van der Waals surface area contributed by atoms with Crippen LogP contribution in [-0.2, 0) is 4.79 Å². The summed E-state index contributed by atoms with van der Waals surface area (Å²) in [5.74, 6) is 0.958. The third kappa shape index (κ3) is 3.15. The van der Waals surface area contributed by atoms with Crippen LogP contribution in [0, 0.1) is 11.8 Å². The van der Waals surface area contributed by atoms with Gasteiger partial charge >= 0.3 is 5.97 Å². The maximum atomic E-state index is 11.9. The number of rotatable bonds is 5. The van der Waals surface area contributed by atoms with Crippen LogP contribution in [-0.4, -0.2) is 42.4 Å². The molecule has 3 rings (SSSR count). The van der Waals surface area contributed by atoms with E-state index >= 15 is 0 Å². The molecule has 0 aromatic heterocycles. The third-order valence-electron chi connectivity index (χ3n) is 5.05. The number of ether oxygens (including phenoxy) is 2. The maximum Gasteiger partial charge on any atom is 0.308 e. The highest BCUT2D eigenvalue weighted by Gasteiger charge is 2.45. The van der Waals surface area contributed by atoms with E-state index in [9.17, 15) is 9.90 Å². The Morgan fingerprint density at radius 2 is 2.09 bits per heavy atom. The molecule has 2 aliphatic rings. The van der Waals surface area contributed by atoms with Crippen LogP contribution in [0.4, 0.5) is 0 Å². The van der Waals surface area contributed by atoms with Crippen LogP contribution in [0.25, 0.3) is 0 Å². The Hall–Kier alpha value is -1.75.